The number of aryl methyl sites for hydroxylation is 1. The summed E-state index contributed by atoms with van der Waals surface area (Å²) in [5.41, 5.74) is 8.12. The summed E-state index contributed by atoms with van der Waals surface area (Å²) < 4.78 is 11.3. The molecule has 1 aliphatic heterocycles. The molecule has 2 N–H and O–H groups in total. The van der Waals surface area contributed by atoms with E-state index in [0.717, 1.165) is 22.4 Å². The number of ether oxygens (including phenoxy) is 2. The molecule has 1 aliphatic rings. The molecule has 0 radical (unpaired) electrons. The van der Waals surface area contributed by atoms with Crippen LogP contribution in [0.1, 0.15) is 23.6 Å². The van der Waals surface area contributed by atoms with Gasteiger partial charge in [0.25, 0.3) is 11.8 Å². The maximum Gasteiger partial charge on any atom is 0.279 e. The lowest BCUT2D eigenvalue weighted by molar-refractivity contribution is -0.131. The van der Waals surface area contributed by atoms with Crippen molar-refractivity contribution < 1.29 is 19.1 Å². The van der Waals surface area contributed by atoms with Gasteiger partial charge in [-0.2, -0.15) is 0 Å². The quantitative estimate of drug-likeness (QED) is 0.816. The van der Waals surface area contributed by atoms with E-state index in [-0.39, 0.29) is 6.61 Å². The summed E-state index contributed by atoms with van der Waals surface area (Å²) in [5, 5.41) is 0. The average Bonchev–Trinajstić information content (AvgIpc) is 2.68. The molecule has 0 aliphatic carbocycles. The van der Waals surface area contributed by atoms with E-state index in [1.165, 1.54) is 0 Å². The molecule has 1 heterocycles. The van der Waals surface area contributed by atoms with Gasteiger partial charge >= 0.3 is 0 Å². The lowest BCUT2D eigenvalue weighted by atomic mass is 10.1. The molecule has 1 unspecified atom stereocenters. The van der Waals surface area contributed by atoms with E-state index in [0.29, 0.717) is 11.3 Å². The Hall–Kier alpha value is -3.28. The monoisotopic (exact) mass is 366 g/mol. The van der Waals surface area contributed by atoms with Crippen LogP contribution in [0, 0.1) is 13.8 Å². The fraction of sp³-hybridized carbons (Fsp3) is 0.238. The molecule has 1 atom stereocenters. The Bertz CT molecular complexity index is 905. The number of hydrogen-bond donors (Lipinski definition) is 2. The number of benzene rings is 2. The van der Waals surface area contributed by atoms with Crippen LogP contribution in [0.5, 0.6) is 11.5 Å². The zero-order chi connectivity index (χ0) is 19.4. The predicted molar refractivity (Wildman–Crippen MR) is 102 cm³/mol. The SMILES string of the molecule is Cc1cccc(OC(C)C(=O)NNC(=O)C2=Cc3ccccc3OC2)c1C. The summed E-state index contributed by atoms with van der Waals surface area (Å²) in [7, 11) is 0. The van der Waals surface area contributed by atoms with Crippen molar-refractivity contribution in [1.82, 2.24) is 10.9 Å². The summed E-state index contributed by atoms with van der Waals surface area (Å²) in [4.78, 5) is 24.5. The maximum absolute atomic E-state index is 12.3. The van der Waals surface area contributed by atoms with Crippen molar-refractivity contribution in [2.45, 2.75) is 26.9 Å². The van der Waals surface area contributed by atoms with Crippen molar-refractivity contribution in [3.8, 4) is 11.5 Å². The standard InChI is InChI=1S/C21H22N2O4/c1-13-7-6-10-18(14(13)2)27-15(3)20(24)22-23-21(25)17-11-16-8-4-5-9-19(16)26-12-17/h4-11,15H,12H2,1-3H3,(H,22,24)(H,23,25). The highest BCUT2D eigenvalue weighted by Gasteiger charge is 2.20. The molecule has 0 saturated heterocycles. The van der Waals surface area contributed by atoms with E-state index < -0.39 is 17.9 Å². The number of amides is 2. The third kappa shape index (κ3) is 4.28. The van der Waals surface area contributed by atoms with Gasteiger partial charge in [0.15, 0.2) is 6.10 Å². The Morgan fingerprint density at radius 2 is 1.85 bits per heavy atom. The third-order valence-electron chi connectivity index (χ3n) is 4.45. The van der Waals surface area contributed by atoms with Crippen LogP contribution in [0.4, 0.5) is 0 Å². The molecule has 0 aromatic heterocycles. The van der Waals surface area contributed by atoms with Gasteiger partial charge < -0.3 is 9.47 Å². The molecule has 3 rings (SSSR count). The molecule has 6 heteroatoms. The zero-order valence-electron chi connectivity index (χ0n) is 15.5. The summed E-state index contributed by atoms with van der Waals surface area (Å²) >= 11 is 0. The van der Waals surface area contributed by atoms with Gasteiger partial charge in [-0.25, -0.2) is 0 Å². The van der Waals surface area contributed by atoms with Crippen LogP contribution < -0.4 is 20.3 Å². The minimum Gasteiger partial charge on any atom is -0.488 e. The molecule has 0 spiro atoms. The Kier molecular flexibility index (Phi) is 5.45. The largest absolute Gasteiger partial charge is 0.488 e. The molecule has 2 amide bonds. The number of carbonyl (C=O) groups is 2. The fourth-order valence-corrected chi connectivity index (χ4v) is 2.64. The molecular weight excluding hydrogens is 344 g/mol. The maximum atomic E-state index is 12.3. The summed E-state index contributed by atoms with van der Waals surface area (Å²) in [6, 6.07) is 13.1. The topological polar surface area (TPSA) is 76.7 Å². The highest BCUT2D eigenvalue weighted by atomic mass is 16.5. The van der Waals surface area contributed by atoms with E-state index in [1.54, 1.807) is 13.0 Å². The van der Waals surface area contributed by atoms with Crippen molar-refractivity contribution in [2.75, 3.05) is 6.61 Å². The summed E-state index contributed by atoms with van der Waals surface area (Å²) in [5.74, 6) is 0.511. The molecule has 2 aromatic carbocycles. The average molecular weight is 366 g/mol. The second-order valence-electron chi connectivity index (χ2n) is 6.40. The second-order valence-corrected chi connectivity index (χ2v) is 6.40. The van der Waals surface area contributed by atoms with E-state index in [9.17, 15) is 9.59 Å². The fourth-order valence-electron chi connectivity index (χ4n) is 2.64. The number of nitrogens with one attached hydrogen (secondary N) is 2. The van der Waals surface area contributed by atoms with Crippen molar-refractivity contribution in [3.63, 3.8) is 0 Å². The van der Waals surface area contributed by atoms with Crippen LogP contribution in [0.3, 0.4) is 0 Å². The number of hydrazine groups is 1. The molecule has 0 fully saturated rings. The molecule has 2 aromatic rings. The van der Waals surface area contributed by atoms with E-state index in [1.807, 2.05) is 56.3 Å². The van der Waals surface area contributed by atoms with Crippen molar-refractivity contribution >= 4 is 17.9 Å². The first kappa shape index (κ1) is 18.5. The van der Waals surface area contributed by atoms with Crippen LogP contribution in [0.15, 0.2) is 48.0 Å². The summed E-state index contributed by atoms with van der Waals surface area (Å²) in [6.45, 7) is 5.69. The Labute approximate surface area is 158 Å². The van der Waals surface area contributed by atoms with Crippen molar-refractivity contribution in [2.24, 2.45) is 0 Å². The van der Waals surface area contributed by atoms with Crippen LogP contribution in [0.25, 0.3) is 6.08 Å². The number of para-hydroxylation sites is 1. The third-order valence-corrected chi connectivity index (χ3v) is 4.45. The highest BCUT2D eigenvalue weighted by Crippen LogP contribution is 2.25. The minimum atomic E-state index is -0.761. The lowest BCUT2D eigenvalue weighted by Crippen LogP contribution is -2.48. The van der Waals surface area contributed by atoms with Gasteiger partial charge in [0.2, 0.25) is 0 Å². The predicted octanol–water partition coefficient (Wildman–Crippen LogP) is 2.69. The number of rotatable bonds is 4. The second kappa shape index (κ2) is 7.95. The van der Waals surface area contributed by atoms with Crippen LogP contribution in [-0.2, 0) is 9.59 Å². The normalized spacial score (nSPS) is 13.5. The smallest absolute Gasteiger partial charge is 0.279 e. The number of fused-ring (bicyclic) bond motifs is 1. The van der Waals surface area contributed by atoms with Crippen LogP contribution >= 0.6 is 0 Å². The van der Waals surface area contributed by atoms with Gasteiger partial charge in [0.05, 0.1) is 5.57 Å². The Balaban J connectivity index is 1.56. The van der Waals surface area contributed by atoms with Crippen molar-refractivity contribution in [1.29, 1.82) is 0 Å². The molecule has 6 nitrogen and oxygen atoms in total. The van der Waals surface area contributed by atoms with E-state index >= 15 is 0 Å². The van der Waals surface area contributed by atoms with E-state index in [4.69, 9.17) is 9.47 Å². The first-order chi connectivity index (χ1) is 13.0. The number of hydrogen-bond acceptors (Lipinski definition) is 4. The van der Waals surface area contributed by atoms with Gasteiger partial charge in [0.1, 0.15) is 18.1 Å². The molecule has 140 valence electrons. The minimum absolute atomic E-state index is 0.146. The lowest BCUT2D eigenvalue weighted by Gasteiger charge is -2.19. The first-order valence-corrected chi connectivity index (χ1v) is 8.71. The van der Waals surface area contributed by atoms with Gasteiger partial charge in [-0.1, -0.05) is 30.3 Å². The summed E-state index contributed by atoms with van der Waals surface area (Å²) in [6.07, 6.45) is 0.985. The van der Waals surface area contributed by atoms with Gasteiger partial charge in [0, 0.05) is 5.56 Å². The van der Waals surface area contributed by atoms with Crippen LogP contribution in [-0.4, -0.2) is 24.5 Å². The van der Waals surface area contributed by atoms with Gasteiger partial charge in [-0.15, -0.1) is 0 Å². The van der Waals surface area contributed by atoms with Crippen molar-refractivity contribution in [3.05, 3.63) is 64.7 Å². The molecular formula is C21H22N2O4. The first-order valence-electron chi connectivity index (χ1n) is 8.71. The number of carbonyl (C=O) groups excluding carboxylic acids is 2. The molecule has 0 saturated carbocycles. The van der Waals surface area contributed by atoms with E-state index in [2.05, 4.69) is 10.9 Å². The Morgan fingerprint density at radius 1 is 1.07 bits per heavy atom. The van der Waals surface area contributed by atoms with Gasteiger partial charge in [-0.3, -0.25) is 20.4 Å². The Morgan fingerprint density at radius 3 is 2.67 bits per heavy atom. The zero-order valence-corrected chi connectivity index (χ0v) is 15.5. The van der Waals surface area contributed by atoms with Gasteiger partial charge in [-0.05, 0) is 50.1 Å². The molecule has 27 heavy (non-hydrogen) atoms. The van der Waals surface area contributed by atoms with Crippen LogP contribution in [0.2, 0.25) is 0 Å². The molecule has 0 bridgehead atoms. The highest BCUT2D eigenvalue weighted by molar-refractivity contribution is 6.00.